The molecule has 5 heteroatoms. The summed E-state index contributed by atoms with van der Waals surface area (Å²) in [6.07, 6.45) is 0. The zero-order valence-corrected chi connectivity index (χ0v) is 11.7. The molecule has 0 atom stereocenters. The first-order valence-electron chi connectivity index (χ1n) is 5.34. The van der Waals surface area contributed by atoms with Crippen LogP contribution in [0.3, 0.4) is 0 Å². The van der Waals surface area contributed by atoms with Gasteiger partial charge in [-0.1, -0.05) is 15.9 Å². The Hall–Kier alpha value is -1.10. The van der Waals surface area contributed by atoms with Crippen molar-refractivity contribution in [1.82, 2.24) is 0 Å². The molecule has 1 rings (SSSR count). The molecule has 0 fully saturated rings. The van der Waals surface area contributed by atoms with E-state index in [9.17, 15) is 9.18 Å². The van der Waals surface area contributed by atoms with Crippen LogP contribution in [0.1, 0.15) is 13.8 Å². The average molecular weight is 303 g/mol. The van der Waals surface area contributed by atoms with Gasteiger partial charge < -0.3 is 10.2 Å². The molecular formula is C12H16BrFN2O. The highest BCUT2D eigenvalue weighted by molar-refractivity contribution is 9.09. The van der Waals surface area contributed by atoms with Crippen LogP contribution in [-0.4, -0.2) is 24.3 Å². The maximum atomic E-state index is 13.8. The summed E-state index contributed by atoms with van der Waals surface area (Å²) in [5.74, 6) is -0.539. The molecule has 0 heterocycles. The van der Waals surface area contributed by atoms with Crippen molar-refractivity contribution < 1.29 is 9.18 Å². The summed E-state index contributed by atoms with van der Waals surface area (Å²) in [7, 11) is 1.83. The molecule has 0 saturated heterocycles. The minimum Gasteiger partial charge on any atom is -0.370 e. The van der Waals surface area contributed by atoms with Crippen LogP contribution in [0, 0.1) is 5.82 Å². The lowest BCUT2D eigenvalue weighted by molar-refractivity contribution is -0.113. The lowest BCUT2D eigenvalue weighted by atomic mass is 10.2. The molecule has 0 radical (unpaired) electrons. The maximum absolute atomic E-state index is 13.8. The van der Waals surface area contributed by atoms with Crippen molar-refractivity contribution in [2.24, 2.45) is 0 Å². The molecule has 1 amide bonds. The van der Waals surface area contributed by atoms with Gasteiger partial charge in [-0.05, 0) is 32.0 Å². The second-order valence-electron chi connectivity index (χ2n) is 4.05. The van der Waals surface area contributed by atoms with Gasteiger partial charge in [0.1, 0.15) is 5.82 Å². The molecule has 17 heavy (non-hydrogen) atoms. The number of carbonyl (C=O) groups is 1. The Morgan fingerprint density at radius 3 is 2.65 bits per heavy atom. The van der Waals surface area contributed by atoms with Gasteiger partial charge in [-0.2, -0.15) is 0 Å². The second kappa shape index (κ2) is 6.00. The zero-order valence-electron chi connectivity index (χ0n) is 10.1. The largest absolute Gasteiger partial charge is 0.370 e. The second-order valence-corrected chi connectivity index (χ2v) is 4.61. The van der Waals surface area contributed by atoms with Gasteiger partial charge in [0, 0.05) is 18.8 Å². The van der Waals surface area contributed by atoms with Crippen molar-refractivity contribution in [2.75, 3.05) is 22.6 Å². The van der Waals surface area contributed by atoms with Crippen molar-refractivity contribution in [2.45, 2.75) is 19.9 Å². The van der Waals surface area contributed by atoms with Crippen molar-refractivity contribution in [3.05, 3.63) is 24.0 Å². The van der Waals surface area contributed by atoms with E-state index in [1.807, 2.05) is 25.8 Å². The third-order valence-corrected chi connectivity index (χ3v) is 3.02. The van der Waals surface area contributed by atoms with Gasteiger partial charge in [-0.25, -0.2) is 4.39 Å². The number of halogens is 2. The van der Waals surface area contributed by atoms with E-state index in [0.717, 1.165) is 0 Å². The van der Waals surface area contributed by atoms with E-state index in [4.69, 9.17) is 0 Å². The molecule has 0 saturated carbocycles. The lowest BCUT2D eigenvalue weighted by Crippen LogP contribution is -2.26. The zero-order chi connectivity index (χ0) is 13.0. The van der Waals surface area contributed by atoms with E-state index in [1.54, 1.807) is 12.1 Å². The summed E-state index contributed by atoms with van der Waals surface area (Å²) in [6, 6.07) is 4.90. The molecule has 0 spiro atoms. The van der Waals surface area contributed by atoms with E-state index >= 15 is 0 Å². The Bertz CT molecular complexity index is 409. The van der Waals surface area contributed by atoms with Crippen LogP contribution in [0.15, 0.2) is 18.2 Å². The summed E-state index contributed by atoms with van der Waals surface area (Å²) in [5, 5.41) is 2.78. The first-order chi connectivity index (χ1) is 7.95. The molecule has 1 aromatic carbocycles. The molecule has 1 N–H and O–H groups in total. The highest BCUT2D eigenvalue weighted by Crippen LogP contribution is 2.23. The Kier molecular flexibility index (Phi) is 4.93. The number of amides is 1. The molecule has 0 bridgehead atoms. The predicted molar refractivity (Wildman–Crippen MR) is 72.4 cm³/mol. The number of hydrogen-bond donors (Lipinski definition) is 1. The minimum absolute atomic E-state index is 0.197. The smallest absolute Gasteiger partial charge is 0.235 e. The SMILES string of the molecule is CC(C)N(C)c1ccc(NC(=O)CBr)cc1F. The Morgan fingerprint density at radius 1 is 1.53 bits per heavy atom. The fourth-order valence-corrected chi connectivity index (χ4v) is 1.48. The van der Waals surface area contributed by atoms with Crippen LogP contribution in [0.2, 0.25) is 0 Å². The molecule has 3 nitrogen and oxygen atoms in total. The van der Waals surface area contributed by atoms with E-state index in [2.05, 4.69) is 21.2 Å². The summed E-state index contributed by atoms with van der Waals surface area (Å²) in [4.78, 5) is 13.0. The van der Waals surface area contributed by atoms with Gasteiger partial charge in [0.05, 0.1) is 11.0 Å². The first-order valence-corrected chi connectivity index (χ1v) is 6.46. The number of rotatable bonds is 4. The average Bonchev–Trinajstić information content (AvgIpc) is 2.28. The maximum Gasteiger partial charge on any atom is 0.235 e. The van der Waals surface area contributed by atoms with Crippen molar-refractivity contribution >= 4 is 33.2 Å². The van der Waals surface area contributed by atoms with Crippen LogP contribution in [-0.2, 0) is 4.79 Å². The number of carbonyl (C=O) groups excluding carboxylic acids is 1. The predicted octanol–water partition coefficient (Wildman–Crippen LogP) is 3.00. The summed E-state index contributed by atoms with van der Waals surface area (Å²) in [6.45, 7) is 3.97. The number of nitrogens with zero attached hydrogens (tertiary/aromatic N) is 1. The van der Waals surface area contributed by atoms with Crippen molar-refractivity contribution in [3.8, 4) is 0 Å². The third kappa shape index (κ3) is 3.70. The summed E-state index contributed by atoms with van der Waals surface area (Å²) < 4.78 is 13.8. The number of hydrogen-bond acceptors (Lipinski definition) is 2. The van der Waals surface area contributed by atoms with Crippen LogP contribution < -0.4 is 10.2 Å². The Labute approximate surface area is 109 Å². The van der Waals surface area contributed by atoms with Crippen molar-refractivity contribution in [1.29, 1.82) is 0 Å². The van der Waals surface area contributed by atoms with Crippen molar-refractivity contribution in [3.63, 3.8) is 0 Å². The number of anilines is 2. The van der Waals surface area contributed by atoms with Crippen LogP contribution in [0.25, 0.3) is 0 Å². The normalized spacial score (nSPS) is 10.5. The molecule has 94 valence electrons. The first kappa shape index (κ1) is 14.0. The van der Waals surface area contributed by atoms with Gasteiger partial charge in [-0.15, -0.1) is 0 Å². The highest BCUT2D eigenvalue weighted by atomic mass is 79.9. The Balaban J connectivity index is 2.90. The quantitative estimate of drug-likeness (QED) is 0.867. The Morgan fingerprint density at radius 2 is 2.18 bits per heavy atom. The molecule has 0 aromatic heterocycles. The lowest BCUT2D eigenvalue weighted by Gasteiger charge is -2.24. The van der Waals surface area contributed by atoms with E-state index in [1.165, 1.54) is 6.07 Å². The molecule has 0 aliphatic carbocycles. The van der Waals surface area contributed by atoms with Crippen LogP contribution >= 0.6 is 15.9 Å². The van der Waals surface area contributed by atoms with Gasteiger partial charge in [0.25, 0.3) is 0 Å². The molecule has 0 aliphatic heterocycles. The minimum atomic E-state index is -0.339. The number of nitrogens with one attached hydrogen (secondary N) is 1. The molecular weight excluding hydrogens is 287 g/mol. The number of alkyl halides is 1. The molecule has 0 unspecified atom stereocenters. The van der Waals surface area contributed by atoms with Crippen LogP contribution in [0.4, 0.5) is 15.8 Å². The topological polar surface area (TPSA) is 32.3 Å². The van der Waals surface area contributed by atoms with Crippen LogP contribution in [0.5, 0.6) is 0 Å². The monoisotopic (exact) mass is 302 g/mol. The fourth-order valence-electron chi connectivity index (χ4n) is 1.34. The van der Waals surface area contributed by atoms with Gasteiger partial charge in [0.2, 0.25) is 5.91 Å². The van der Waals surface area contributed by atoms with E-state index in [-0.39, 0.29) is 23.1 Å². The van der Waals surface area contributed by atoms with E-state index < -0.39 is 0 Å². The summed E-state index contributed by atoms with van der Waals surface area (Å²) in [5.41, 5.74) is 0.990. The van der Waals surface area contributed by atoms with E-state index in [0.29, 0.717) is 11.4 Å². The number of benzene rings is 1. The molecule has 0 aliphatic rings. The van der Waals surface area contributed by atoms with Gasteiger partial charge in [-0.3, -0.25) is 4.79 Å². The standard InChI is InChI=1S/C12H16BrFN2O/c1-8(2)16(3)11-5-4-9(6-10(11)14)15-12(17)7-13/h4-6,8H,7H2,1-3H3,(H,15,17). The summed E-state index contributed by atoms with van der Waals surface area (Å²) >= 11 is 3.03. The molecule has 1 aromatic rings. The third-order valence-electron chi connectivity index (χ3n) is 2.51. The van der Waals surface area contributed by atoms with Gasteiger partial charge >= 0.3 is 0 Å². The highest BCUT2D eigenvalue weighted by Gasteiger charge is 2.11. The van der Waals surface area contributed by atoms with Gasteiger partial charge in [0.15, 0.2) is 0 Å². The fraction of sp³-hybridized carbons (Fsp3) is 0.417.